The first-order chi connectivity index (χ1) is 8.31. The summed E-state index contributed by atoms with van der Waals surface area (Å²) in [6.45, 7) is 3.71. The second kappa shape index (κ2) is 5.60. The molecule has 0 aromatic carbocycles. The van der Waals surface area contributed by atoms with Crippen molar-refractivity contribution in [2.45, 2.75) is 32.2 Å². The zero-order valence-electron chi connectivity index (χ0n) is 9.94. The zero-order valence-corrected chi connectivity index (χ0v) is 9.94. The largest absolute Gasteiger partial charge is 0.317 e. The summed E-state index contributed by atoms with van der Waals surface area (Å²) in [5, 5.41) is 11.3. The zero-order chi connectivity index (χ0) is 12.1. The summed E-state index contributed by atoms with van der Waals surface area (Å²) in [7, 11) is 0. The van der Waals surface area contributed by atoms with Crippen molar-refractivity contribution in [1.82, 2.24) is 20.3 Å². The van der Waals surface area contributed by atoms with Gasteiger partial charge >= 0.3 is 0 Å². The molecule has 1 saturated heterocycles. The number of hydrogen-bond acceptors (Lipinski definition) is 4. The van der Waals surface area contributed by atoms with Gasteiger partial charge in [-0.1, -0.05) is 11.1 Å². The Labute approximate surface area is 101 Å². The monoisotopic (exact) mass is 232 g/mol. The van der Waals surface area contributed by atoms with Gasteiger partial charge in [-0.3, -0.25) is 4.79 Å². The third-order valence-electron chi connectivity index (χ3n) is 2.90. The molecule has 1 aromatic rings. The van der Waals surface area contributed by atoms with Gasteiger partial charge in [0, 0.05) is 0 Å². The Kier molecular flexibility index (Phi) is 3.89. The van der Waals surface area contributed by atoms with Crippen molar-refractivity contribution in [2.24, 2.45) is 0 Å². The van der Waals surface area contributed by atoms with E-state index in [1.54, 1.807) is 13.1 Å². The van der Waals surface area contributed by atoms with Crippen LogP contribution in [0.25, 0.3) is 0 Å². The highest BCUT2D eigenvalue weighted by atomic mass is 16.1. The van der Waals surface area contributed by atoms with Crippen molar-refractivity contribution in [2.75, 3.05) is 13.1 Å². The lowest BCUT2D eigenvalue weighted by molar-refractivity contribution is 0.0993. The van der Waals surface area contributed by atoms with E-state index in [4.69, 9.17) is 0 Å². The highest BCUT2D eigenvalue weighted by Crippen LogP contribution is 2.17. The molecule has 17 heavy (non-hydrogen) atoms. The first-order valence-electron chi connectivity index (χ1n) is 5.86. The third-order valence-corrected chi connectivity index (χ3v) is 2.90. The average Bonchev–Trinajstić information content (AvgIpc) is 2.86. The molecule has 1 aliphatic rings. The first kappa shape index (κ1) is 11.8. The SMILES string of the molecule is CC#CCC(=O)c1cn(C2CCNCC2)nn1. The van der Waals surface area contributed by atoms with Gasteiger partial charge in [0.2, 0.25) is 0 Å². The van der Waals surface area contributed by atoms with Crippen molar-refractivity contribution in [1.29, 1.82) is 0 Å². The number of nitrogens with one attached hydrogen (secondary N) is 1. The smallest absolute Gasteiger partial charge is 0.196 e. The maximum Gasteiger partial charge on any atom is 0.196 e. The molecular weight excluding hydrogens is 216 g/mol. The summed E-state index contributed by atoms with van der Waals surface area (Å²) >= 11 is 0. The number of ketones is 1. The molecule has 2 heterocycles. The van der Waals surface area contributed by atoms with Crippen LogP contribution in [0.3, 0.4) is 0 Å². The van der Waals surface area contributed by atoms with E-state index >= 15 is 0 Å². The quantitative estimate of drug-likeness (QED) is 0.618. The fraction of sp³-hybridized carbons (Fsp3) is 0.583. The lowest BCUT2D eigenvalue weighted by atomic mass is 10.1. The van der Waals surface area contributed by atoms with E-state index in [1.807, 2.05) is 4.68 Å². The predicted octanol–water partition coefficient (Wildman–Crippen LogP) is 0.799. The van der Waals surface area contributed by atoms with Crippen LogP contribution in [0.4, 0.5) is 0 Å². The number of carbonyl (C=O) groups is 1. The van der Waals surface area contributed by atoms with E-state index < -0.39 is 0 Å². The van der Waals surface area contributed by atoms with Crippen LogP contribution < -0.4 is 5.32 Å². The maximum atomic E-state index is 11.7. The van der Waals surface area contributed by atoms with Gasteiger partial charge < -0.3 is 5.32 Å². The van der Waals surface area contributed by atoms with Gasteiger partial charge in [-0.15, -0.1) is 11.0 Å². The minimum Gasteiger partial charge on any atom is -0.317 e. The summed E-state index contributed by atoms with van der Waals surface area (Å²) in [6.07, 6.45) is 4.04. The fourth-order valence-corrected chi connectivity index (χ4v) is 1.91. The Morgan fingerprint density at radius 1 is 1.59 bits per heavy atom. The van der Waals surface area contributed by atoms with Crippen LogP contribution in [0, 0.1) is 11.8 Å². The fourth-order valence-electron chi connectivity index (χ4n) is 1.91. The van der Waals surface area contributed by atoms with Gasteiger partial charge in [0.05, 0.1) is 18.7 Å². The second-order valence-corrected chi connectivity index (χ2v) is 4.09. The lowest BCUT2D eigenvalue weighted by Gasteiger charge is -2.21. The molecular formula is C12H16N4O. The van der Waals surface area contributed by atoms with Gasteiger partial charge in [0.15, 0.2) is 5.78 Å². The van der Waals surface area contributed by atoms with Crippen LogP contribution in [-0.4, -0.2) is 33.9 Å². The molecule has 0 bridgehead atoms. The Bertz CT molecular complexity index is 449. The van der Waals surface area contributed by atoms with Gasteiger partial charge in [0.1, 0.15) is 5.69 Å². The molecule has 0 unspecified atom stereocenters. The molecule has 1 aromatic heterocycles. The Hall–Kier alpha value is -1.67. The van der Waals surface area contributed by atoms with Crippen molar-refractivity contribution in [3.63, 3.8) is 0 Å². The van der Waals surface area contributed by atoms with E-state index in [1.165, 1.54) is 0 Å². The summed E-state index contributed by atoms with van der Waals surface area (Å²) in [5.74, 6) is 5.40. The standard InChI is InChI=1S/C12H16N4O/c1-2-3-4-12(17)11-9-16(15-14-11)10-5-7-13-8-6-10/h9-10,13H,4-8H2,1H3. The van der Waals surface area contributed by atoms with Crippen LogP contribution in [0.5, 0.6) is 0 Å². The Morgan fingerprint density at radius 2 is 2.35 bits per heavy atom. The number of Topliss-reactive ketones (excluding diaryl/α,β-unsaturated/α-hetero) is 1. The number of piperidine rings is 1. The number of aromatic nitrogens is 3. The molecule has 0 spiro atoms. The molecule has 0 radical (unpaired) electrons. The van der Waals surface area contributed by atoms with E-state index in [0.717, 1.165) is 25.9 Å². The molecule has 0 saturated carbocycles. The highest BCUT2D eigenvalue weighted by molar-refractivity contribution is 5.95. The highest BCUT2D eigenvalue weighted by Gasteiger charge is 2.18. The minimum atomic E-state index is -0.0560. The number of hydrogen-bond donors (Lipinski definition) is 1. The number of carbonyl (C=O) groups excluding carboxylic acids is 1. The second-order valence-electron chi connectivity index (χ2n) is 4.09. The molecule has 0 aliphatic carbocycles. The molecule has 1 fully saturated rings. The summed E-state index contributed by atoms with van der Waals surface area (Å²) < 4.78 is 1.81. The van der Waals surface area contributed by atoms with Gasteiger partial charge in [-0.05, 0) is 32.9 Å². The van der Waals surface area contributed by atoms with E-state index in [-0.39, 0.29) is 12.2 Å². The normalized spacial score (nSPS) is 16.3. The molecule has 0 atom stereocenters. The summed E-state index contributed by atoms with van der Waals surface area (Å²) in [4.78, 5) is 11.7. The molecule has 0 amide bonds. The van der Waals surface area contributed by atoms with E-state index in [0.29, 0.717) is 11.7 Å². The molecule has 2 rings (SSSR count). The van der Waals surface area contributed by atoms with Gasteiger partial charge in [-0.2, -0.15) is 0 Å². The third kappa shape index (κ3) is 2.92. The molecule has 5 heteroatoms. The summed E-state index contributed by atoms with van der Waals surface area (Å²) in [6, 6.07) is 0.363. The molecule has 1 aliphatic heterocycles. The van der Waals surface area contributed by atoms with Crippen LogP contribution in [0.1, 0.15) is 42.7 Å². The molecule has 5 nitrogen and oxygen atoms in total. The van der Waals surface area contributed by atoms with E-state index in [2.05, 4.69) is 27.5 Å². The van der Waals surface area contributed by atoms with Crippen LogP contribution >= 0.6 is 0 Å². The summed E-state index contributed by atoms with van der Waals surface area (Å²) in [5.41, 5.74) is 0.422. The van der Waals surface area contributed by atoms with Crippen molar-refractivity contribution < 1.29 is 4.79 Å². The van der Waals surface area contributed by atoms with Crippen LogP contribution in [-0.2, 0) is 0 Å². The van der Waals surface area contributed by atoms with Crippen molar-refractivity contribution >= 4 is 5.78 Å². The lowest BCUT2D eigenvalue weighted by Crippen LogP contribution is -2.29. The number of rotatable bonds is 3. The van der Waals surface area contributed by atoms with Crippen LogP contribution in [0.15, 0.2) is 6.20 Å². The minimum absolute atomic E-state index is 0.0560. The van der Waals surface area contributed by atoms with Gasteiger partial charge in [0.25, 0.3) is 0 Å². The van der Waals surface area contributed by atoms with Crippen LogP contribution in [0.2, 0.25) is 0 Å². The predicted molar refractivity (Wildman–Crippen MR) is 63.6 cm³/mol. The van der Waals surface area contributed by atoms with E-state index in [9.17, 15) is 4.79 Å². The Morgan fingerprint density at radius 3 is 3.06 bits per heavy atom. The van der Waals surface area contributed by atoms with Crippen molar-refractivity contribution in [3.8, 4) is 11.8 Å². The van der Waals surface area contributed by atoms with Gasteiger partial charge in [-0.25, -0.2) is 4.68 Å². The number of nitrogens with zero attached hydrogens (tertiary/aromatic N) is 3. The maximum absolute atomic E-state index is 11.7. The topological polar surface area (TPSA) is 59.8 Å². The molecule has 1 N–H and O–H groups in total. The molecule has 90 valence electrons. The first-order valence-corrected chi connectivity index (χ1v) is 5.86. The van der Waals surface area contributed by atoms with Crippen molar-refractivity contribution in [3.05, 3.63) is 11.9 Å². The average molecular weight is 232 g/mol. The Balaban J connectivity index is 2.03.